The van der Waals surface area contributed by atoms with Crippen molar-refractivity contribution in [2.45, 2.75) is 43.4 Å². The lowest BCUT2D eigenvalue weighted by Crippen LogP contribution is -2.46. The van der Waals surface area contributed by atoms with Crippen LogP contribution in [0.25, 0.3) is 0 Å². The Morgan fingerprint density at radius 1 is 1.15 bits per heavy atom. The molecular weight excluding hydrogens is 350 g/mol. The Bertz CT molecular complexity index is 828. The molecule has 1 amide bonds. The lowest BCUT2D eigenvalue weighted by molar-refractivity contribution is -0.126. The van der Waals surface area contributed by atoms with Gasteiger partial charge in [0, 0.05) is 25.2 Å². The Balaban J connectivity index is 1.45. The number of piperidine rings is 1. The van der Waals surface area contributed by atoms with Crippen molar-refractivity contribution < 1.29 is 13.2 Å². The first kappa shape index (κ1) is 17.5. The quantitative estimate of drug-likeness (QED) is 0.878. The Hall–Kier alpha value is -1.89. The summed E-state index contributed by atoms with van der Waals surface area (Å²) in [5.74, 6) is 1.10. The minimum absolute atomic E-state index is 0.0938. The van der Waals surface area contributed by atoms with E-state index in [1.54, 1.807) is 18.2 Å². The van der Waals surface area contributed by atoms with Crippen LogP contribution in [0, 0.1) is 11.8 Å². The molecule has 140 valence electrons. The molecule has 0 bridgehead atoms. The van der Waals surface area contributed by atoms with Gasteiger partial charge in [-0.15, -0.1) is 4.40 Å². The maximum absolute atomic E-state index is 12.6. The van der Waals surface area contributed by atoms with Crippen molar-refractivity contribution in [3.8, 4) is 0 Å². The smallest absolute Gasteiger partial charge is 0.285 e. The number of rotatable bonds is 3. The largest absolute Gasteiger partial charge is 0.356 e. The monoisotopic (exact) mass is 375 g/mol. The standard InChI is InChI=1S/C19H25N3O3S/c23-19(20-12-14-6-1-2-7-14)15-8-5-11-22(13-15)18-16-9-3-4-10-17(16)26(24,25)21-18/h3-4,9-10,14-15H,1-2,5-8,11-13H2,(H,20,23). The van der Waals surface area contributed by atoms with E-state index in [9.17, 15) is 13.2 Å². The summed E-state index contributed by atoms with van der Waals surface area (Å²) in [6, 6.07) is 6.93. The third-order valence-corrected chi connectivity index (χ3v) is 7.07. The van der Waals surface area contributed by atoms with Crippen molar-refractivity contribution >= 4 is 21.8 Å². The maximum Gasteiger partial charge on any atom is 0.285 e. The number of carbonyl (C=O) groups is 1. The summed E-state index contributed by atoms with van der Waals surface area (Å²) in [6.07, 6.45) is 6.67. The summed E-state index contributed by atoms with van der Waals surface area (Å²) in [4.78, 5) is 14.8. The van der Waals surface area contributed by atoms with Crippen LogP contribution in [0.4, 0.5) is 0 Å². The predicted octanol–water partition coefficient (Wildman–Crippen LogP) is 2.15. The highest BCUT2D eigenvalue weighted by Crippen LogP contribution is 2.30. The molecule has 1 aliphatic carbocycles. The Morgan fingerprint density at radius 2 is 1.92 bits per heavy atom. The zero-order chi connectivity index (χ0) is 18.1. The summed E-state index contributed by atoms with van der Waals surface area (Å²) >= 11 is 0. The van der Waals surface area contributed by atoms with Crippen LogP contribution in [-0.2, 0) is 14.8 Å². The predicted molar refractivity (Wildman–Crippen MR) is 99.4 cm³/mol. The van der Waals surface area contributed by atoms with Crippen molar-refractivity contribution in [1.82, 2.24) is 10.2 Å². The van der Waals surface area contributed by atoms with Gasteiger partial charge in [-0.1, -0.05) is 25.0 Å². The van der Waals surface area contributed by atoms with Crippen molar-refractivity contribution in [1.29, 1.82) is 0 Å². The number of likely N-dealkylation sites (tertiary alicyclic amines) is 1. The number of carbonyl (C=O) groups excluding carboxylic acids is 1. The van der Waals surface area contributed by atoms with Crippen LogP contribution in [0.2, 0.25) is 0 Å². The van der Waals surface area contributed by atoms with Crippen LogP contribution >= 0.6 is 0 Å². The van der Waals surface area contributed by atoms with Crippen LogP contribution in [0.1, 0.15) is 44.1 Å². The van der Waals surface area contributed by atoms with Gasteiger partial charge in [0.25, 0.3) is 10.0 Å². The number of hydrogen-bond acceptors (Lipinski definition) is 4. The third kappa shape index (κ3) is 3.37. The topological polar surface area (TPSA) is 78.8 Å². The average Bonchev–Trinajstić information content (AvgIpc) is 3.26. The molecule has 1 unspecified atom stereocenters. The molecule has 3 aliphatic rings. The second-order valence-electron chi connectivity index (χ2n) is 7.57. The number of nitrogens with zero attached hydrogens (tertiary/aromatic N) is 2. The summed E-state index contributed by atoms with van der Waals surface area (Å²) < 4.78 is 28.6. The van der Waals surface area contributed by atoms with Crippen molar-refractivity contribution in [3.05, 3.63) is 29.8 Å². The minimum atomic E-state index is -3.62. The van der Waals surface area contributed by atoms with E-state index < -0.39 is 10.0 Å². The molecule has 7 heteroatoms. The van der Waals surface area contributed by atoms with Gasteiger partial charge in [-0.2, -0.15) is 8.42 Å². The number of hydrogen-bond donors (Lipinski definition) is 1. The van der Waals surface area contributed by atoms with Gasteiger partial charge in [-0.3, -0.25) is 4.79 Å². The van der Waals surface area contributed by atoms with Crippen LogP contribution in [0.5, 0.6) is 0 Å². The molecule has 2 heterocycles. The summed E-state index contributed by atoms with van der Waals surface area (Å²) in [5, 5.41) is 3.12. The fourth-order valence-corrected chi connectivity index (χ4v) is 5.53. The molecule has 2 fully saturated rings. The Kier molecular flexibility index (Phi) is 4.73. The molecule has 0 aromatic heterocycles. The van der Waals surface area contributed by atoms with Gasteiger partial charge in [0.1, 0.15) is 4.90 Å². The highest BCUT2D eigenvalue weighted by molar-refractivity contribution is 7.90. The fourth-order valence-electron chi connectivity index (χ4n) is 4.30. The SMILES string of the molecule is O=C(NCC1CCCC1)C1CCCN(C2=NS(=O)(=O)c3ccccc32)C1. The molecule has 1 aromatic rings. The molecule has 2 aliphatic heterocycles. The first-order valence-corrected chi connectivity index (χ1v) is 11.0. The highest BCUT2D eigenvalue weighted by Gasteiger charge is 2.35. The molecule has 1 saturated carbocycles. The number of amidine groups is 1. The second-order valence-corrected chi connectivity index (χ2v) is 9.14. The van der Waals surface area contributed by atoms with Crippen molar-refractivity contribution in [3.63, 3.8) is 0 Å². The summed E-state index contributed by atoms with van der Waals surface area (Å²) in [6.45, 7) is 2.03. The normalized spacial score (nSPS) is 25.0. The van der Waals surface area contributed by atoms with Crippen LogP contribution in [-0.4, -0.2) is 44.7 Å². The number of fused-ring (bicyclic) bond motifs is 1. The molecule has 26 heavy (non-hydrogen) atoms. The van der Waals surface area contributed by atoms with Crippen molar-refractivity contribution in [2.24, 2.45) is 16.2 Å². The van der Waals surface area contributed by atoms with Gasteiger partial charge in [0.05, 0.1) is 5.92 Å². The number of sulfonamides is 1. The summed E-state index contributed by atoms with van der Waals surface area (Å²) in [5.41, 5.74) is 0.652. The van der Waals surface area contributed by atoms with E-state index >= 15 is 0 Å². The number of amides is 1. The molecule has 1 saturated heterocycles. The van der Waals surface area contributed by atoms with E-state index in [4.69, 9.17) is 0 Å². The maximum atomic E-state index is 12.6. The third-order valence-electron chi connectivity index (χ3n) is 5.74. The number of nitrogens with one attached hydrogen (secondary N) is 1. The molecule has 1 atom stereocenters. The molecular formula is C19H25N3O3S. The van der Waals surface area contributed by atoms with Gasteiger partial charge in [0.2, 0.25) is 5.91 Å². The lowest BCUT2D eigenvalue weighted by atomic mass is 9.96. The highest BCUT2D eigenvalue weighted by atomic mass is 32.2. The molecule has 1 aromatic carbocycles. The number of benzene rings is 1. The fraction of sp³-hybridized carbons (Fsp3) is 0.579. The van der Waals surface area contributed by atoms with E-state index in [0.29, 0.717) is 23.9 Å². The van der Waals surface area contributed by atoms with Crippen molar-refractivity contribution in [2.75, 3.05) is 19.6 Å². The average molecular weight is 375 g/mol. The van der Waals surface area contributed by atoms with Gasteiger partial charge < -0.3 is 10.2 Å². The molecule has 4 rings (SSSR count). The van der Waals surface area contributed by atoms with E-state index in [-0.39, 0.29) is 16.7 Å². The van der Waals surface area contributed by atoms with E-state index in [2.05, 4.69) is 9.71 Å². The minimum Gasteiger partial charge on any atom is -0.356 e. The van der Waals surface area contributed by atoms with Gasteiger partial charge in [-0.25, -0.2) is 0 Å². The van der Waals surface area contributed by atoms with Gasteiger partial charge in [-0.05, 0) is 43.7 Å². The summed E-state index contributed by atoms with van der Waals surface area (Å²) in [7, 11) is -3.62. The zero-order valence-corrected chi connectivity index (χ0v) is 15.7. The second kappa shape index (κ2) is 7.02. The van der Waals surface area contributed by atoms with Gasteiger partial charge >= 0.3 is 0 Å². The lowest BCUT2D eigenvalue weighted by Gasteiger charge is -2.33. The first-order valence-electron chi connectivity index (χ1n) is 9.51. The Labute approximate surface area is 154 Å². The van der Waals surface area contributed by atoms with E-state index in [0.717, 1.165) is 25.9 Å². The van der Waals surface area contributed by atoms with Crippen LogP contribution < -0.4 is 5.32 Å². The molecule has 0 spiro atoms. The van der Waals surface area contributed by atoms with E-state index in [1.165, 1.54) is 25.7 Å². The van der Waals surface area contributed by atoms with E-state index in [1.807, 2.05) is 11.0 Å². The Morgan fingerprint density at radius 3 is 2.73 bits per heavy atom. The molecule has 1 N–H and O–H groups in total. The van der Waals surface area contributed by atoms with Gasteiger partial charge in [0.15, 0.2) is 5.84 Å². The molecule has 6 nitrogen and oxygen atoms in total. The zero-order valence-electron chi connectivity index (χ0n) is 14.9. The molecule has 0 radical (unpaired) electrons. The first-order chi connectivity index (χ1) is 12.5. The van der Waals surface area contributed by atoms with Crippen LogP contribution in [0.15, 0.2) is 33.6 Å². The van der Waals surface area contributed by atoms with Crippen LogP contribution in [0.3, 0.4) is 0 Å².